The highest BCUT2D eigenvalue weighted by molar-refractivity contribution is 5.97. The molecular formula is C21H32N4O3. The number of amides is 3. The van der Waals surface area contributed by atoms with Gasteiger partial charge in [0.1, 0.15) is 0 Å². The van der Waals surface area contributed by atoms with E-state index in [0.29, 0.717) is 37.2 Å². The lowest BCUT2D eigenvalue weighted by atomic mass is 9.92. The summed E-state index contributed by atoms with van der Waals surface area (Å²) in [4.78, 5) is 28.6. The zero-order valence-electron chi connectivity index (χ0n) is 16.9. The molecule has 7 heteroatoms. The number of carbonyl (C=O) groups excluding carboxylic acids is 2. The summed E-state index contributed by atoms with van der Waals surface area (Å²) in [5, 5.41) is 5.91. The Kier molecular flexibility index (Phi) is 7.28. The van der Waals surface area contributed by atoms with Crippen molar-refractivity contribution in [3.8, 4) is 0 Å². The molecule has 0 aliphatic carbocycles. The Labute approximate surface area is 167 Å². The van der Waals surface area contributed by atoms with E-state index in [1.54, 1.807) is 17.0 Å². The summed E-state index contributed by atoms with van der Waals surface area (Å²) in [5.74, 6) is 0.482. The minimum atomic E-state index is -0.0873. The third kappa shape index (κ3) is 4.83. The Hall–Kier alpha value is -2.12. The van der Waals surface area contributed by atoms with Gasteiger partial charge < -0.3 is 15.4 Å². The van der Waals surface area contributed by atoms with Crippen LogP contribution in [-0.2, 0) is 4.74 Å². The van der Waals surface area contributed by atoms with Gasteiger partial charge in [-0.1, -0.05) is 26.7 Å². The maximum atomic E-state index is 12.7. The highest BCUT2D eigenvalue weighted by atomic mass is 16.5. The highest BCUT2D eigenvalue weighted by Crippen LogP contribution is 2.20. The Morgan fingerprint density at radius 3 is 2.39 bits per heavy atom. The van der Waals surface area contributed by atoms with Crippen LogP contribution in [0.4, 0.5) is 10.5 Å². The van der Waals surface area contributed by atoms with Gasteiger partial charge in [0, 0.05) is 50.0 Å². The van der Waals surface area contributed by atoms with Crippen molar-refractivity contribution in [2.24, 2.45) is 5.92 Å². The van der Waals surface area contributed by atoms with E-state index in [1.165, 1.54) is 0 Å². The number of carbonyl (C=O) groups is 2. The van der Waals surface area contributed by atoms with Crippen molar-refractivity contribution in [1.29, 1.82) is 0 Å². The SMILES string of the molecule is CCC(CC)C(CNC(=O)c1ccc(N2CCNC2=O)cc1)N1CCOCC1. The van der Waals surface area contributed by atoms with Crippen molar-refractivity contribution in [2.45, 2.75) is 32.7 Å². The molecule has 2 aliphatic heterocycles. The molecule has 1 unspecified atom stereocenters. The average molecular weight is 389 g/mol. The Bertz CT molecular complexity index is 654. The largest absolute Gasteiger partial charge is 0.379 e. The maximum Gasteiger partial charge on any atom is 0.321 e. The quantitative estimate of drug-likeness (QED) is 0.715. The van der Waals surface area contributed by atoms with Crippen LogP contribution < -0.4 is 15.5 Å². The number of hydrogen-bond donors (Lipinski definition) is 2. The molecule has 7 nitrogen and oxygen atoms in total. The van der Waals surface area contributed by atoms with Crippen molar-refractivity contribution in [3.63, 3.8) is 0 Å². The lowest BCUT2D eigenvalue weighted by molar-refractivity contribution is 0.00191. The van der Waals surface area contributed by atoms with Gasteiger partial charge in [0.2, 0.25) is 0 Å². The monoisotopic (exact) mass is 388 g/mol. The van der Waals surface area contributed by atoms with E-state index >= 15 is 0 Å². The van der Waals surface area contributed by atoms with Crippen LogP contribution in [0.1, 0.15) is 37.0 Å². The second-order valence-corrected chi connectivity index (χ2v) is 7.43. The van der Waals surface area contributed by atoms with E-state index in [9.17, 15) is 9.59 Å². The number of benzene rings is 1. The van der Waals surface area contributed by atoms with Crippen LogP contribution in [0.15, 0.2) is 24.3 Å². The van der Waals surface area contributed by atoms with E-state index in [-0.39, 0.29) is 11.9 Å². The molecule has 2 saturated heterocycles. The summed E-state index contributed by atoms with van der Waals surface area (Å²) >= 11 is 0. The van der Waals surface area contributed by atoms with Gasteiger partial charge >= 0.3 is 6.03 Å². The van der Waals surface area contributed by atoms with Crippen LogP contribution in [0.2, 0.25) is 0 Å². The van der Waals surface area contributed by atoms with Gasteiger partial charge in [-0.15, -0.1) is 0 Å². The fourth-order valence-electron chi connectivity index (χ4n) is 4.15. The molecule has 2 heterocycles. The van der Waals surface area contributed by atoms with Crippen molar-refractivity contribution in [2.75, 3.05) is 50.8 Å². The standard InChI is InChI=1S/C21H32N4O3/c1-3-16(4-2)19(24-11-13-28-14-12-24)15-23-20(26)17-5-7-18(8-6-17)25-10-9-22-21(25)27/h5-8,16,19H,3-4,9-15H2,1-2H3,(H,22,27)(H,23,26). The number of nitrogens with one attached hydrogen (secondary N) is 2. The van der Waals surface area contributed by atoms with E-state index < -0.39 is 0 Å². The van der Waals surface area contributed by atoms with E-state index in [2.05, 4.69) is 29.4 Å². The van der Waals surface area contributed by atoms with Crippen LogP contribution >= 0.6 is 0 Å². The molecule has 1 atom stereocenters. The van der Waals surface area contributed by atoms with E-state index in [1.807, 2.05) is 12.1 Å². The van der Waals surface area contributed by atoms with Gasteiger partial charge in [-0.3, -0.25) is 14.6 Å². The number of hydrogen-bond acceptors (Lipinski definition) is 4. The van der Waals surface area contributed by atoms with Crippen molar-refractivity contribution in [1.82, 2.24) is 15.5 Å². The first-order chi connectivity index (χ1) is 13.6. The summed E-state index contributed by atoms with van der Waals surface area (Å²) in [6, 6.07) is 7.49. The molecule has 28 heavy (non-hydrogen) atoms. The minimum absolute atomic E-state index is 0.0679. The lowest BCUT2D eigenvalue weighted by Gasteiger charge is -2.38. The summed E-state index contributed by atoms with van der Waals surface area (Å²) in [6.45, 7) is 9.75. The molecule has 1 aromatic rings. The van der Waals surface area contributed by atoms with Crippen LogP contribution in [0.5, 0.6) is 0 Å². The molecule has 0 bridgehead atoms. The number of urea groups is 1. The zero-order valence-corrected chi connectivity index (χ0v) is 16.9. The first-order valence-corrected chi connectivity index (χ1v) is 10.4. The molecule has 2 N–H and O–H groups in total. The van der Waals surface area contributed by atoms with Gasteiger partial charge in [0.05, 0.1) is 13.2 Å². The molecule has 0 radical (unpaired) electrons. The summed E-state index contributed by atoms with van der Waals surface area (Å²) < 4.78 is 5.49. The predicted octanol–water partition coefficient (Wildman–Crippen LogP) is 2.08. The fraction of sp³-hybridized carbons (Fsp3) is 0.619. The number of anilines is 1. The number of nitrogens with zero attached hydrogens (tertiary/aromatic N) is 2. The highest BCUT2D eigenvalue weighted by Gasteiger charge is 2.27. The summed E-state index contributed by atoms with van der Waals surface area (Å²) in [6.07, 6.45) is 2.20. The van der Waals surface area contributed by atoms with Gasteiger partial charge in [0.15, 0.2) is 0 Å². The molecule has 154 valence electrons. The Morgan fingerprint density at radius 1 is 1.14 bits per heavy atom. The van der Waals surface area contributed by atoms with Crippen molar-refractivity contribution in [3.05, 3.63) is 29.8 Å². The third-order valence-corrected chi connectivity index (χ3v) is 5.88. The molecule has 3 amide bonds. The van der Waals surface area contributed by atoms with Crippen LogP contribution in [0.3, 0.4) is 0 Å². The topological polar surface area (TPSA) is 73.9 Å². The van der Waals surface area contributed by atoms with Gasteiger partial charge in [-0.05, 0) is 30.2 Å². The fourth-order valence-corrected chi connectivity index (χ4v) is 4.15. The molecule has 0 aromatic heterocycles. The normalized spacial score (nSPS) is 19.0. The Morgan fingerprint density at radius 2 is 1.82 bits per heavy atom. The molecule has 0 spiro atoms. The molecular weight excluding hydrogens is 356 g/mol. The maximum absolute atomic E-state index is 12.7. The summed E-state index contributed by atoms with van der Waals surface area (Å²) in [5.41, 5.74) is 1.43. The smallest absolute Gasteiger partial charge is 0.321 e. The average Bonchev–Trinajstić information content (AvgIpc) is 3.17. The zero-order chi connectivity index (χ0) is 19.9. The second kappa shape index (κ2) is 9.89. The Balaban J connectivity index is 1.61. The predicted molar refractivity (Wildman–Crippen MR) is 110 cm³/mol. The van der Waals surface area contributed by atoms with E-state index in [0.717, 1.165) is 44.8 Å². The van der Waals surface area contributed by atoms with E-state index in [4.69, 9.17) is 4.74 Å². The lowest BCUT2D eigenvalue weighted by Crippen LogP contribution is -2.52. The van der Waals surface area contributed by atoms with Crippen molar-refractivity contribution < 1.29 is 14.3 Å². The van der Waals surface area contributed by atoms with Gasteiger partial charge in [0.25, 0.3) is 5.91 Å². The number of rotatable bonds is 8. The molecule has 0 saturated carbocycles. The van der Waals surface area contributed by atoms with Crippen molar-refractivity contribution >= 4 is 17.6 Å². The molecule has 2 fully saturated rings. The van der Waals surface area contributed by atoms with Crippen LogP contribution in [-0.4, -0.2) is 68.8 Å². The van der Waals surface area contributed by atoms with Gasteiger partial charge in [-0.2, -0.15) is 0 Å². The van der Waals surface area contributed by atoms with Crippen LogP contribution in [0, 0.1) is 5.92 Å². The number of ether oxygens (including phenoxy) is 1. The first kappa shape index (κ1) is 20.6. The molecule has 1 aromatic carbocycles. The second-order valence-electron chi connectivity index (χ2n) is 7.43. The number of morpholine rings is 1. The molecule has 2 aliphatic rings. The molecule has 3 rings (SSSR count). The first-order valence-electron chi connectivity index (χ1n) is 10.4. The third-order valence-electron chi connectivity index (χ3n) is 5.88. The van der Waals surface area contributed by atoms with Crippen LogP contribution in [0.25, 0.3) is 0 Å². The minimum Gasteiger partial charge on any atom is -0.379 e. The summed E-state index contributed by atoms with van der Waals surface area (Å²) in [7, 11) is 0. The van der Waals surface area contributed by atoms with Gasteiger partial charge in [-0.25, -0.2) is 4.79 Å².